The van der Waals surface area contributed by atoms with Gasteiger partial charge in [0.05, 0.1) is 17.9 Å². The normalized spacial score (nSPS) is 29.9. The van der Waals surface area contributed by atoms with Gasteiger partial charge >= 0.3 is 0 Å². The molecule has 1 aliphatic carbocycles. The van der Waals surface area contributed by atoms with Crippen molar-refractivity contribution in [3.05, 3.63) is 76.3 Å². The number of hydrogen-bond donors (Lipinski definition) is 2. The monoisotopic (exact) mass is 553 g/mol. The van der Waals surface area contributed by atoms with E-state index < -0.39 is 29.6 Å². The van der Waals surface area contributed by atoms with Crippen molar-refractivity contribution in [1.29, 1.82) is 0 Å². The quantitative estimate of drug-likeness (QED) is 0.506. The highest BCUT2D eigenvalue weighted by Crippen LogP contribution is 2.55. The van der Waals surface area contributed by atoms with E-state index in [1.165, 1.54) is 0 Å². The molecule has 1 saturated carbocycles. The molecule has 2 aromatic rings. The second-order valence-corrected chi connectivity index (χ2v) is 11.4. The van der Waals surface area contributed by atoms with Crippen LogP contribution in [0.25, 0.3) is 0 Å². The summed E-state index contributed by atoms with van der Waals surface area (Å²) < 4.78 is 6.42. The Labute approximate surface area is 231 Å². The van der Waals surface area contributed by atoms with E-state index in [0.29, 0.717) is 15.7 Å². The van der Waals surface area contributed by atoms with Crippen LogP contribution in [0.15, 0.2) is 60.7 Å². The number of carbonyl (C=O) groups excluding carboxylic acids is 3. The molecule has 3 fully saturated rings. The maximum Gasteiger partial charge on any atom is 0.246 e. The molecular formula is C29H29Cl2N3O4. The summed E-state index contributed by atoms with van der Waals surface area (Å²) in [4.78, 5) is 43.1. The van der Waals surface area contributed by atoms with E-state index in [4.69, 9.17) is 27.9 Å². The summed E-state index contributed by atoms with van der Waals surface area (Å²) in [5.74, 6) is -2.45. The first-order chi connectivity index (χ1) is 18.4. The third-order valence-corrected chi connectivity index (χ3v) is 8.91. The molecule has 38 heavy (non-hydrogen) atoms. The summed E-state index contributed by atoms with van der Waals surface area (Å²) >= 11 is 12.4. The van der Waals surface area contributed by atoms with Crippen LogP contribution >= 0.6 is 23.2 Å². The lowest BCUT2D eigenvalue weighted by Crippen LogP contribution is -2.56. The molecule has 3 aliphatic heterocycles. The van der Waals surface area contributed by atoms with Crippen LogP contribution in [0.1, 0.15) is 37.7 Å². The Bertz CT molecular complexity index is 1290. The minimum atomic E-state index is -1.22. The summed E-state index contributed by atoms with van der Waals surface area (Å²) in [5.41, 5.74) is 0.0873. The zero-order chi connectivity index (χ0) is 26.4. The lowest BCUT2D eigenvalue weighted by Gasteiger charge is -2.34. The molecule has 5 unspecified atom stereocenters. The van der Waals surface area contributed by atoms with E-state index >= 15 is 0 Å². The van der Waals surface area contributed by atoms with Crippen molar-refractivity contribution < 1.29 is 19.1 Å². The molecule has 9 heteroatoms. The van der Waals surface area contributed by atoms with Crippen molar-refractivity contribution in [2.45, 2.75) is 62.4 Å². The van der Waals surface area contributed by atoms with Crippen molar-refractivity contribution in [3.8, 4) is 0 Å². The van der Waals surface area contributed by atoms with Crippen LogP contribution in [0, 0.1) is 11.8 Å². The molecule has 7 nitrogen and oxygen atoms in total. The fourth-order valence-electron chi connectivity index (χ4n) is 6.53. The Morgan fingerprint density at radius 1 is 1.00 bits per heavy atom. The molecule has 2 bridgehead atoms. The van der Waals surface area contributed by atoms with Gasteiger partial charge in [-0.2, -0.15) is 0 Å². The van der Waals surface area contributed by atoms with Crippen LogP contribution in [0.2, 0.25) is 10.0 Å². The number of likely N-dealkylation sites (tertiary alicyclic amines) is 1. The van der Waals surface area contributed by atoms with Crippen LogP contribution in [0.4, 0.5) is 5.69 Å². The Balaban J connectivity index is 1.33. The van der Waals surface area contributed by atoms with E-state index in [-0.39, 0.29) is 30.3 Å². The number of benzene rings is 2. The summed E-state index contributed by atoms with van der Waals surface area (Å²) in [6.45, 7) is 0.146. The van der Waals surface area contributed by atoms with Crippen LogP contribution in [-0.2, 0) is 25.7 Å². The number of amides is 3. The molecule has 4 aliphatic rings. The van der Waals surface area contributed by atoms with Gasteiger partial charge in [0.15, 0.2) is 0 Å². The Morgan fingerprint density at radius 2 is 1.74 bits per heavy atom. The Morgan fingerprint density at radius 3 is 2.47 bits per heavy atom. The van der Waals surface area contributed by atoms with Gasteiger partial charge in [-0.25, -0.2) is 0 Å². The van der Waals surface area contributed by atoms with Crippen LogP contribution in [0.5, 0.6) is 0 Å². The number of hydrogen-bond acceptors (Lipinski definition) is 4. The molecule has 0 aromatic heterocycles. The van der Waals surface area contributed by atoms with E-state index in [1.807, 2.05) is 30.4 Å². The SMILES string of the molecule is O=C(Nc1ccc(Cl)cc1)C1C2C=CC3(O2)C1C(=O)N(Cc1ccccc1Cl)C3C(=O)NC1CCCCC1. The van der Waals surface area contributed by atoms with Crippen molar-refractivity contribution in [1.82, 2.24) is 10.2 Å². The first-order valence-corrected chi connectivity index (χ1v) is 13.9. The first-order valence-electron chi connectivity index (χ1n) is 13.2. The second-order valence-electron chi connectivity index (χ2n) is 10.6. The number of anilines is 1. The van der Waals surface area contributed by atoms with E-state index in [0.717, 1.165) is 37.7 Å². The van der Waals surface area contributed by atoms with Crippen LogP contribution in [0.3, 0.4) is 0 Å². The van der Waals surface area contributed by atoms with Crippen molar-refractivity contribution >= 4 is 46.6 Å². The van der Waals surface area contributed by atoms with E-state index in [2.05, 4.69) is 10.6 Å². The number of halogens is 2. The second kappa shape index (κ2) is 10.0. The molecule has 198 valence electrons. The van der Waals surface area contributed by atoms with Crippen LogP contribution in [-0.4, -0.2) is 46.4 Å². The molecule has 3 amide bonds. The highest BCUT2D eigenvalue weighted by molar-refractivity contribution is 6.31. The average molecular weight is 554 g/mol. The topological polar surface area (TPSA) is 87.7 Å². The summed E-state index contributed by atoms with van der Waals surface area (Å²) in [6, 6.07) is 13.2. The number of ether oxygens (including phenoxy) is 1. The number of nitrogens with zero attached hydrogens (tertiary/aromatic N) is 1. The number of rotatable bonds is 6. The maximum absolute atomic E-state index is 14.1. The smallest absolute Gasteiger partial charge is 0.246 e. The molecule has 2 aromatic carbocycles. The third kappa shape index (κ3) is 4.31. The highest BCUT2D eigenvalue weighted by Gasteiger charge is 2.72. The molecule has 3 heterocycles. The maximum atomic E-state index is 14.1. The van der Waals surface area contributed by atoms with Gasteiger partial charge in [-0.15, -0.1) is 0 Å². The largest absolute Gasteiger partial charge is 0.359 e. The molecule has 0 radical (unpaired) electrons. The van der Waals surface area contributed by atoms with Gasteiger partial charge in [-0.3, -0.25) is 14.4 Å². The number of carbonyl (C=O) groups is 3. The number of fused-ring (bicyclic) bond motifs is 1. The third-order valence-electron chi connectivity index (χ3n) is 8.29. The van der Waals surface area contributed by atoms with Gasteiger partial charge in [-0.1, -0.05) is 72.8 Å². The van der Waals surface area contributed by atoms with Gasteiger partial charge in [0.1, 0.15) is 11.6 Å². The highest BCUT2D eigenvalue weighted by atomic mass is 35.5. The minimum Gasteiger partial charge on any atom is -0.359 e. The molecule has 1 spiro atoms. The molecule has 2 saturated heterocycles. The Kier molecular flexibility index (Phi) is 6.70. The molecular weight excluding hydrogens is 525 g/mol. The van der Waals surface area contributed by atoms with Gasteiger partial charge < -0.3 is 20.3 Å². The predicted molar refractivity (Wildman–Crippen MR) is 145 cm³/mol. The van der Waals surface area contributed by atoms with Gasteiger partial charge in [0.2, 0.25) is 17.7 Å². The fraction of sp³-hybridized carbons (Fsp3) is 0.414. The van der Waals surface area contributed by atoms with E-state index in [1.54, 1.807) is 35.2 Å². The lowest BCUT2D eigenvalue weighted by atomic mass is 9.74. The van der Waals surface area contributed by atoms with Crippen molar-refractivity contribution in [3.63, 3.8) is 0 Å². The van der Waals surface area contributed by atoms with Gasteiger partial charge in [0, 0.05) is 28.3 Å². The number of nitrogens with one attached hydrogen (secondary N) is 2. The summed E-state index contributed by atoms with van der Waals surface area (Å²) in [6.07, 6.45) is 8.17. The summed E-state index contributed by atoms with van der Waals surface area (Å²) in [7, 11) is 0. The molecule has 2 N–H and O–H groups in total. The van der Waals surface area contributed by atoms with Gasteiger partial charge in [-0.05, 0) is 48.7 Å². The zero-order valence-electron chi connectivity index (χ0n) is 20.7. The lowest BCUT2D eigenvalue weighted by molar-refractivity contribution is -0.142. The van der Waals surface area contributed by atoms with Gasteiger partial charge in [0.25, 0.3) is 0 Å². The van der Waals surface area contributed by atoms with Crippen LogP contribution < -0.4 is 10.6 Å². The van der Waals surface area contributed by atoms with Crippen molar-refractivity contribution in [2.24, 2.45) is 11.8 Å². The zero-order valence-corrected chi connectivity index (χ0v) is 22.3. The fourth-order valence-corrected chi connectivity index (χ4v) is 6.86. The molecule has 6 rings (SSSR count). The first kappa shape index (κ1) is 25.4. The average Bonchev–Trinajstić information content (AvgIpc) is 3.55. The van der Waals surface area contributed by atoms with E-state index in [9.17, 15) is 14.4 Å². The molecule has 5 atom stereocenters. The minimum absolute atomic E-state index is 0.0653. The predicted octanol–water partition coefficient (Wildman–Crippen LogP) is 4.73. The van der Waals surface area contributed by atoms with Crippen molar-refractivity contribution in [2.75, 3.05) is 5.32 Å². The Hall–Kier alpha value is -2.87. The standard InChI is InChI=1S/C29H29Cl2N3O4/c30-18-10-12-20(13-11-18)32-26(35)23-22-14-15-29(38-22)24(23)28(37)34(16-17-6-4-5-9-21(17)31)25(29)27(36)33-19-7-2-1-3-8-19/h4-6,9-15,19,22-25H,1-3,7-8,16H2,(H,32,35)(H,33,36). The summed E-state index contributed by atoms with van der Waals surface area (Å²) in [5, 5.41) is 7.17.